The van der Waals surface area contributed by atoms with E-state index >= 15 is 0 Å². The molecule has 0 aromatic heterocycles. The second-order valence-corrected chi connectivity index (χ2v) is 5.18. The average molecular weight is 197 g/mol. The lowest BCUT2D eigenvalue weighted by Gasteiger charge is -2.29. The minimum absolute atomic E-state index is 0.760. The van der Waals surface area contributed by atoms with Crippen molar-refractivity contribution < 1.29 is 0 Å². The topological polar surface area (TPSA) is 12.0 Å². The molecule has 84 valence electrons. The van der Waals surface area contributed by atoms with Crippen molar-refractivity contribution in [1.29, 1.82) is 0 Å². The Morgan fingerprint density at radius 3 is 2.43 bits per heavy atom. The van der Waals surface area contributed by atoms with E-state index in [1.165, 1.54) is 45.1 Å². The summed E-state index contributed by atoms with van der Waals surface area (Å²) in [6, 6.07) is 0.760. The summed E-state index contributed by atoms with van der Waals surface area (Å²) < 4.78 is 0. The van der Waals surface area contributed by atoms with E-state index in [-0.39, 0.29) is 0 Å². The van der Waals surface area contributed by atoms with Gasteiger partial charge in [-0.15, -0.1) is 0 Å². The van der Waals surface area contributed by atoms with E-state index in [0.717, 1.165) is 17.9 Å². The van der Waals surface area contributed by atoms with Crippen molar-refractivity contribution in [1.82, 2.24) is 5.32 Å². The molecule has 1 heteroatoms. The number of nitrogens with one attached hydrogen (secondary N) is 1. The summed E-state index contributed by atoms with van der Waals surface area (Å²) in [6.45, 7) is 8.12. The van der Waals surface area contributed by atoms with E-state index in [4.69, 9.17) is 0 Å². The third-order valence-corrected chi connectivity index (χ3v) is 3.57. The predicted molar refractivity (Wildman–Crippen MR) is 63.5 cm³/mol. The van der Waals surface area contributed by atoms with Crippen LogP contribution >= 0.6 is 0 Å². The van der Waals surface area contributed by atoms with Crippen LogP contribution < -0.4 is 5.32 Å². The van der Waals surface area contributed by atoms with Crippen LogP contribution in [0.4, 0.5) is 0 Å². The highest BCUT2D eigenvalue weighted by Crippen LogP contribution is 2.31. The fourth-order valence-electron chi connectivity index (χ4n) is 2.20. The molecule has 0 aromatic rings. The fourth-order valence-corrected chi connectivity index (χ4v) is 2.20. The zero-order chi connectivity index (χ0) is 10.4. The van der Waals surface area contributed by atoms with E-state index in [1.807, 2.05) is 0 Å². The Hall–Kier alpha value is -0.0400. The van der Waals surface area contributed by atoms with Crippen molar-refractivity contribution >= 4 is 0 Å². The summed E-state index contributed by atoms with van der Waals surface area (Å²) in [6.07, 6.45) is 8.59. The molecule has 0 saturated heterocycles. The molecule has 0 radical (unpaired) electrons. The minimum Gasteiger partial charge on any atom is -0.314 e. The zero-order valence-corrected chi connectivity index (χ0v) is 10.2. The van der Waals surface area contributed by atoms with E-state index in [1.54, 1.807) is 0 Å². The molecule has 1 saturated carbocycles. The standard InChI is InChI=1S/C13H27N/c1-4-10-14-13(11(2)3)9-8-12-6-5-7-12/h11-14H,4-10H2,1-3H3. The molecular weight excluding hydrogens is 170 g/mol. The van der Waals surface area contributed by atoms with Gasteiger partial charge in [-0.1, -0.05) is 40.0 Å². The van der Waals surface area contributed by atoms with Crippen LogP contribution in [-0.2, 0) is 0 Å². The van der Waals surface area contributed by atoms with Gasteiger partial charge in [0.25, 0.3) is 0 Å². The molecule has 1 aliphatic carbocycles. The normalized spacial score (nSPS) is 19.7. The third-order valence-electron chi connectivity index (χ3n) is 3.57. The first-order valence-corrected chi connectivity index (χ1v) is 6.47. The molecule has 0 aliphatic heterocycles. The largest absolute Gasteiger partial charge is 0.314 e. The summed E-state index contributed by atoms with van der Waals surface area (Å²) in [5.74, 6) is 1.86. The van der Waals surface area contributed by atoms with Gasteiger partial charge in [0, 0.05) is 6.04 Å². The molecule has 1 rings (SSSR count). The van der Waals surface area contributed by atoms with E-state index in [9.17, 15) is 0 Å². The molecule has 1 unspecified atom stereocenters. The smallest absolute Gasteiger partial charge is 0.00901 e. The first-order valence-electron chi connectivity index (χ1n) is 6.47. The summed E-state index contributed by atoms with van der Waals surface area (Å²) >= 11 is 0. The van der Waals surface area contributed by atoms with Gasteiger partial charge in [-0.25, -0.2) is 0 Å². The molecule has 0 spiro atoms. The molecule has 1 N–H and O–H groups in total. The summed E-state index contributed by atoms with van der Waals surface area (Å²) in [7, 11) is 0. The molecule has 0 amide bonds. The van der Waals surface area contributed by atoms with Gasteiger partial charge in [-0.3, -0.25) is 0 Å². The maximum Gasteiger partial charge on any atom is 0.00901 e. The lowest BCUT2D eigenvalue weighted by molar-refractivity contribution is 0.259. The van der Waals surface area contributed by atoms with Crippen LogP contribution in [0, 0.1) is 11.8 Å². The van der Waals surface area contributed by atoms with Crippen molar-refractivity contribution in [3.63, 3.8) is 0 Å². The highest BCUT2D eigenvalue weighted by Gasteiger charge is 2.20. The maximum atomic E-state index is 3.67. The summed E-state index contributed by atoms with van der Waals surface area (Å²) in [5.41, 5.74) is 0. The van der Waals surface area contributed by atoms with Crippen molar-refractivity contribution in [3.8, 4) is 0 Å². The second-order valence-electron chi connectivity index (χ2n) is 5.18. The molecule has 1 atom stereocenters. The van der Waals surface area contributed by atoms with Crippen LogP contribution in [0.25, 0.3) is 0 Å². The van der Waals surface area contributed by atoms with Gasteiger partial charge >= 0.3 is 0 Å². The van der Waals surface area contributed by atoms with Crippen LogP contribution in [-0.4, -0.2) is 12.6 Å². The van der Waals surface area contributed by atoms with Gasteiger partial charge in [0.1, 0.15) is 0 Å². The lowest BCUT2D eigenvalue weighted by atomic mass is 9.80. The lowest BCUT2D eigenvalue weighted by Crippen LogP contribution is -2.35. The highest BCUT2D eigenvalue weighted by molar-refractivity contribution is 4.75. The van der Waals surface area contributed by atoms with Crippen LogP contribution in [0.2, 0.25) is 0 Å². The quantitative estimate of drug-likeness (QED) is 0.657. The molecule has 1 fully saturated rings. The Bertz CT molecular complexity index is 138. The number of hydrogen-bond acceptors (Lipinski definition) is 1. The summed E-state index contributed by atoms with van der Waals surface area (Å²) in [5, 5.41) is 3.67. The van der Waals surface area contributed by atoms with Gasteiger partial charge in [-0.2, -0.15) is 0 Å². The molecule has 0 heterocycles. The van der Waals surface area contributed by atoms with Crippen molar-refractivity contribution in [2.75, 3.05) is 6.54 Å². The van der Waals surface area contributed by atoms with Crippen LogP contribution in [0.1, 0.15) is 59.3 Å². The molecule has 1 nitrogen and oxygen atoms in total. The zero-order valence-electron chi connectivity index (χ0n) is 10.2. The molecule has 0 bridgehead atoms. The average Bonchev–Trinajstić information content (AvgIpc) is 2.07. The second kappa shape index (κ2) is 6.44. The first-order chi connectivity index (χ1) is 6.74. The first kappa shape index (κ1) is 12.0. The van der Waals surface area contributed by atoms with Gasteiger partial charge in [-0.05, 0) is 37.6 Å². The number of rotatable bonds is 7. The minimum atomic E-state index is 0.760. The van der Waals surface area contributed by atoms with Gasteiger partial charge < -0.3 is 5.32 Å². The monoisotopic (exact) mass is 197 g/mol. The summed E-state index contributed by atoms with van der Waals surface area (Å²) in [4.78, 5) is 0. The van der Waals surface area contributed by atoms with Crippen molar-refractivity contribution in [2.45, 2.75) is 65.3 Å². The van der Waals surface area contributed by atoms with E-state index in [0.29, 0.717) is 0 Å². The van der Waals surface area contributed by atoms with Gasteiger partial charge in [0.2, 0.25) is 0 Å². The molecule has 14 heavy (non-hydrogen) atoms. The van der Waals surface area contributed by atoms with Crippen LogP contribution in [0.15, 0.2) is 0 Å². The third kappa shape index (κ3) is 4.00. The van der Waals surface area contributed by atoms with Crippen LogP contribution in [0.3, 0.4) is 0 Å². The highest BCUT2D eigenvalue weighted by atomic mass is 14.9. The Kier molecular flexibility index (Phi) is 5.54. The Morgan fingerprint density at radius 1 is 1.29 bits per heavy atom. The van der Waals surface area contributed by atoms with Crippen molar-refractivity contribution in [3.05, 3.63) is 0 Å². The SMILES string of the molecule is CCCNC(CCC1CCC1)C(C)C. The van der Waals surface area contributed by atoms with Crippen LogP contribution in [0.5, 0.6) is 0 Å². The fraction of sp³-hybridized carbons (Fsp3) is 1.00. The van der Waals surface area contributed by atoms with E-state index in [2.05, 4.69) is 26.1 Å². The molecular formula is C13H27N. The van der Waals surface area contributed by atoms with E-state index < -0.39 is 0 Å². The maximum absolute atomic E-state index is 3.67. The Morgan fingerprint density at radius 2 is 2.00 bits per heavy atom. The predicted octanol–water partition coefficient (Wildman–Crippen LogP) is 3.59. The van der Waals surface area contributed by atoms with Crippen molar-refractivity contribution in [2.24, 2.45) is 11.8 Å². The molecule has 1 aliphatic rings. The van der Waals surface area contributed by atoms with Gasteiger partial charge in [0.05, 0.1) is 0 Å². The Balaban J connectivity index is 2.13. The molecule has 0 aromatic carbocycles. The van der Waals surface area contributed by atoms with Gasteiger partial charge in [0.15, 0.2) is 0 Å². The Labute approximate surface area is 89.7 Å². The number of hydrogen-bond donors (Lipinski definition) is 1.